The summed E-state index contributed by atoms with van der Waals surface area (Å²) in [7, 11) is 3.74. The quantitative estimate of drug-likeness (QED) is 0.238. The first-order valence-corrected chi connectivity index (χ1v) is 13.5. The predicted molar refractivity (Wildman–Crippen MR) is 155 cm³/mol. The highest BCUT2D eigenvalue weighted by Gasteiger charge is 2.33. The predicted octanol–water partition coefficient (Wildman–Crippen LogP) is 5.84. The van der Waals surface area contributed by atoms with Crippen LogP contribution in [0.4, 0.5) is 13.2 Å². The third-order valence-corrected chi connectivity index (χ3v) is 7.36. The van der Waals surface area contributed by atoms with Crippen LogP contribution in [0.5, 0.6) is 0 Å². The van der Waals surface area contributed by atoms with E-state index in [1.807, 2.05) is 61.6 Å². The number of hydrogen-bond donors (Lipinski definition) is 0. The maximum atomic E-state index is 14.6. The van der Waals surface area contributed by atoms with Gasteiger partial charge in [0.2, 0.25) is 0 Å². The molecular weight excluding hydrogens is 567 g/mol. The van der Waals surface area contributed by atoms with Crippen LogP contribution in [0.1, 0.15) is 34.4 Å². The molecule has 1 atom stereocenters. The van der Waals surface area contributed by atoms with Gasteiger partial charge in [-0.15, -0.1) is 10.2 Å². The lowest BCUT2D eigenvalue weighted by atomic mass is 9.95. The molecule has 6 rings (SSSR count). The highest BCUT2D eigenvalue weighted by Crippen LogP contribution is 2.35. The van der Waals surface area contributed by atoms with E-state index in [0.717, 1.165) is 17.2 Å². The number of pyridine rings is 1. The number of fused-ring (bicyclic) bond motifs is 1. The minimum absolute atomic E-state index is 0.0489. The summed E-state index contributed by atoms with van der Waals surface area (Å²) in [4.78, 5) is 24.5. The number of hydrogen-bond acceptors (Lipinski definition) is 6. The zero-order valence-corrected chi connectivity index (χ0v) is 23.6. The van der Waals surface area contributed by atoms with Crippen LogP contribution in [-0.4, -0.2) is 49.6 Å². The molecule has 1 unspecified atom stereocenters. The molecule has 12 heteroatoms. The minimum atomic E-state index is -4.58. The molecular formula is C30H25ClF3N7O. The van der Waals surface area contributed by atoms with Crippen molar-refractivity contribution >= 4 is 23.5 Å². The van der Waals surface area contributed by atoms with Crippen LogP contribution in [-0.2, 0) is 19.3 Å². The van der Waals surface area contributed by atoms with Gasteiger partial charge in [-0.05, 0) is 61.5 Å². The summed E-state index contributed by atoms with van der Waals surface area (Å²) in [6, 6.07) is 17.1. The average molecular weight is 592 g/mol. The van der Waals surface area contributed by atoms with E-state index in [4.69, 9.17) is 11.6 Å². The lowest BCUT2D eigenvalue weighted by Crippen LogP contribution is -2.31. The van der Waals surface area contributed by atoms with E-state index in [-0.39, 0.29) is 23.8 Å². The average Bonchev–Trinajstić information content (AvgIpc) is 3.72. The van der Waals surface area contributed by atoms with E-state index < -0.39 is 11.9 Å². The van der Waals surface area contributed by atoms with Crippen LogP contribution < -0.4 is 5.56 Å². The van der Waals surface area contributed by atoms with Crippen molar-refractivity contribution in [3.63, 3.8) is 0 Å². The van der Waals surface area contributed by atoms with Gasteiger partial charge in [-0.1, -0.05) is 54.1 Å². The van der Waals surface area contributed by atoms with E-state index in [0.29, 0.717) is 45.3 Å². The Balaban J connectivity index is 1.63. The maximum absolute atomic E-state index is 14.6. The first-order valence-electron chi connectivity index (χ1n) is 13.1. The van der Waals surface area contributed by atoms with E-state index in [1.165, 1.54) is 17.7 Å². The molecule has 0 bridgehead atoms. The van der Waals surface area contributed by atoms with Crippen molar-refractivity contribution in [3.05, 3.63) is 104 Å². The Bertz CT molecular complexity index is 1890. The highest BCUT2D eigenvalue weighted by molar-refractivity contribution is 6.30. The summed E-state index contributed by atoms with van der Waals surface area (Å²) in [5.74, 6) is 0.493. The molecule has 214 valence electrons. The third kappa shape index (κ3) is 5.21. The van der Waals surface area contributed by atoms with Gasteiger partial charge in [0.25, 0.3) is 5.56 Å². The number of alkyl halides is 3. The zero-order chi connectivity index (χ0) is 29.8. The summed E-state index contributed by atoms with van der Waals surface area (Å²) in [5, 5.41) is 9.51. The molecule has 0 aliphatic carbocycles. The van der Waals surface area contributed by atoms with Gasteiger partial charge in [-0.2, -0.15) is 13.2 Å². The summed E-state index contributed by atoms with van der Waals surface area (Å²) in [6.45, 7) is 1.81. The lowest BCUT2D eigenvalue weighted by Gasteiger charge is -2.19. The topological polar surface area (TPSA) is 80.7 Å². The van der Waals surface area contributed by atoms with Crippen molar-refractivity contribution < 1.29 is 13.2 Å². The Hall–Kier alpha value is -4.35. The first-order chi connectivity index (χ1) is 20.0. The fraction of sp³-hybridized carbons (Fsp3) is 0.233. The molecule has 42 heavy (non-hydrogen) atoms. The molecule has 0 radical (unpaired) electrons. The molecule has 0 amide bonds. The molecule has 4 heterocycles. The number of nitrogens with zero attached hydrogens (tertiary/aromatic N) is 7. The second-order valence-corrected chi connectivity index (χ2v) is 10.8. The Morgan fingerprint density at radius 2 is 1.57 bits per heavy atom. The summed E-state index contributed by atoms with van der Waals surface area (Å²) >= 11 is 6.20. The standard InChI is InChI=1S/C30H25ClF3N7O/c1-17-21(10-13-24(36-17)30(32,33)34)15-40-29(42)27(20-6-4-18(5-7-20)23-14-35-23)26(19-8-11-22(31)12-9-19)28-38-37-25(41(28)40)16-39(2)3/h4-14,23H,15-16H2,1-3H3. The highest BCUT2D eigenvalue weighted by atomic mass is 35.5. The smallest absolute Gasteiger partial charge is 0.302 e. The molecule has 8 nitrogen and oxygen atoms in total. The van der Waals surface area contributed by atoms with Crippen LogP contribution in [0.2, 0.25) is 5.02 Å². The van der Waals surface area contributed by atoms with Gasteiger partial charge in [0.1, 0.15) is 11.7 Å². The van der Waals surface area contributed by atoms with Crippen LogP contribution >= 0.6 is 11.6 Å². The molecule has 0 N–H and O–H groups in total. The maximum Gasteiger partial charge on any atom is 0.433 e. The number of halogens is 4. The van der Waals surface area contributed by atoms with Crippen molar-refractivity contribution in [2.24, 2.45) is 4.99 Å². The molecule has 0 spiro atoms. The monoisotopic (exact) mass is 591 g/mol. The largest absolute Gasteiger partial charge is 0.433 e. The van der Waals surface area contributed by atoms with Gasteiger partial charge < -0.3 is 4.90 Å². The van der Waals surface area contributed by atoms with Gasteiger partial charge in [0.05, 0.1) is 18.7 Å². The van der Waals surface area contributed by atoms with Crippen LogP contribution in [0, 0.1) is 6.92 Å². The second-order valence-electron chi connectivity index (χ2n) is 10.4. The Morgan fingerprint density at radius 3 is 2.17 bits per heavy atom. The third-order valence-electron chi connectivity index (χ3n) is 7.10. The number of aryl methyl sites for hydroxylation is 1. The van der Waals surface area contributed by atoms with Gasteiger partial charge in [-0.3, -0.25) is 9.79 Å². The normalized spacial score (nSPS) is 14.7. The number of rotatable bonds is 7. The van der Waals surface area contributed by atoms with E-state index >= 15 is 0 Å². The molecule has 2 aromatic carbocycles. The van der Waals surface area contributed by atoms with Crippen molar-refractivity contribution in [2.45, 2.75) is 32.2 Å². The van der Waals surface area contributed by atoms with Gasteiger partial charge in [0, 0.05) is 22.5 Å². The first kappa shape index (κ1) is 27.8. The number of benzene rings is 2. The van der Waals surface area contributed by atoms with Crippen molar-refractivity contribution in [2.75, 3.05) is 14.1 Å². The van der Waals surface area contributed by atoms with Gasteiger partial charge in [0.15, 0.2) is 11.5 Å². The number of aromatic nitrogens is 5. The van der Waals surface area contributed by atoms with Gasteiger partial charge in [-0.25, -0.2) is 14.2 Å². The summed E-state index contributed by atoms with van der Waals surface area (Å²) in [6.07, 6.45) is -2.73. The van der Waals surface area contributed by atoms with Crippen LogP contribution in [0.15, 0.2) is 70.5 Å². The fourth-order valence-electron chi connectivity index (χ4n) is 4.98. The van der Waals surface area contributed by atoms with E-state index in [2.05, 4.69) is 20.2 Å². The minimum Gasteiger partial charge on any atom is -0.302 e. The zero-order valence-electron chi connectivity index (χ0n) is 22.9. The summed E-state index contributed by atoms with van der Waals surface area (Å²) < 4.78 is 43.1. The molecule has 0 saturated heterocycles. The summed E-state index contributed by atoms with van der Waals surface area (Å²) in [5.41, 5.74) is 3.05. The second kappa shape index (κ2) is 10.5. The lowest BCUT2D eigenvalue weighted by molar-refractivity contribution is -0.141. The molecule has 0 saturated carbocycles. The fourth-order valence-corrected chi connectivity index (χ4v) is 5.11. The van der Waals surface area contributed by atoms with Gasteiger partial charge >= 0.3 is 6.18 Å². The molecule has 1 aliphatic heterocycles. The van der Waals surface area contributed by atoms with Crippen LogP contribution in [0.25, 0.3) is 27.9 Å². The molecule has 0 fully saturated rings. The van der Waals surface area contributed by atoms with Crippen molar-refractivity contribution in [1.82, 2.24) is 29.3 Å². The molecule has 5 aromatic rings. The Labute approximate surface area is 243 Å². The van der Waals surface area contributed by atoms with Crippen LogP contribution in [0.3, 0.4) is 0 Å². The van der Waals surface area contributed by atoms with Crippen molar-refractivity contribution in [1.29, 1.82) is 0 Å². The van der Waals surface area contributed by atoms with E-state index in [9.17, 15) is 18.0 Å². The molecule has 1 aliphatic rings. The SMILES string of the molecule is Cc1nc(C(F)(F)F)ccc1Cn1c(=O)c(-c2ccc(C3C=N3)cc2)c(-c2ccc(Cl)cc2)c2nnc(CN(C)C)n21. The Kier molecular flexibility index (Phi) is 6.94. The molecule has 3 aromatic heterocycles. The number of aliphatic imine (C=N–C) groups is 1. The van der Waals surface area contributed by atoms with E-state index in [1.54, 1.807) is 16.6 Å². The van der Waals surface area contributed by atoms with Crippen molar-refractivity contribution in [3.8, 4) is 22.3 Å². The Morgan fingerprint density at radius 1 is 0.929 bits per heavy atom.